The Balaban J connectivity index is 1.37. The van der Waals surface area contributed by atoms with Gasteiger partial charge in [-0.15, -0.1) is 0 Å². The normalized spacial score (nSPS) is 13.4. The second-order valence-corrected chi connectivity index (χ2v) is 8.67. The molecule has 0 bridgehead atoms. The number of aromatic amines is 1. The predicted molar refractivity (Wildman–Crippen MR) is 144 cm³/mol. The Kier molecular flexibility index (Phi) is 9.39. The Morgan fingerprint density at radius 2 is 2.03 bits per heavy atom. The number of aliphatic imine (C=N–C) groups is 1. The molecule has 1 aliphatic rings. The molecule has 0 saturated heterocycles. The van der Waals surface area contributed by atoms with Gasteiger partial charge in [-0.2, -0.15) is 0 Å². The second kappa shape index (κ2) is 13.3. The number of fused-ring (bicyclic) bond motifs is 1. The van der Waals surface area contributed by atoms with Gasteiger partial charge in [0.15, 0.2) is 0 Å². The first-order valence-corrected chi connectivity index (χ1v) is 12.1. The molecular formula is C29H32N4O3. The van der Waals surface area contributed by atoms with E-state index >= 15 is 0 Å². The van der Waals surface area contributed by atoms with Gasteiger partial charge in [0.05, 0.1) is 13.2 Å². The smallest absolute Gasteiger partial charge is 0.267 e. The molecule has 1 amide bonds. The van der Waals surface area contributed by atoms with Crippen molar-refractivity contribution in [2.24, 2.45) is 4.99 Å². The minimum absolute atomic E-state index is 0.551. The van der Waals surface area contributed by atoms with Crippen LogP contribution in [0, 0.1) is 0 Å². The highest BCUT2D eigenvalue weighted by Crippen LogP contribution is 2.19. The van der Waals surface area contributed by atoms with E-state index < -0.39 is 5.91 Å². The van der Waals surface area contributed by atoms with Crippen LogP contribution in [0.1, 0.15) is 23.1 Å². The highest BCUT2D eigenvalue weighted by Gasteiger charge is 2.10. The van der Waals surface area contributed by atoms with Crippen LogP contribution in [-0.4, -0.2) is 53.5 Å². The molecule has 0 saturated carbocycles. The van der Waals surface area contributed by atoms with Crippen LogP contribution in [0.25, 0.3) is 17.0 Å². The SMILES string of the molecule is O=C(/C=C/c1ccc(CN(CCOCC2=CCC=CN=C2)CCc2c[nH]c3ccccc23)cc1)NO. The number of nitrogens with zero attached hydrogens (tertiary/aromatic N) is 2. The van der Waals surface area contributed by atoms with Gasteiger partial charge in [0.2, 0.25) is 0 Å². The van der Waals surface area contributed by atoms with E-state index in [2.05, 4.69) is 57.5 Å². The van der Waals surface area contributed by atoms with Crippen LogP contribution in [0.15, 0.2) is 89.7 Å². The molecule has 7 nitrogen and oxygen atoms in total. The predicted octanol–water partition coefficient (Wildman–Crippen LogP) is 4.66. The third-order valence-corrected chi connectivity index (χ3v) is 6.06. The lowest BCUT2D eigenvalue weighted by atomic mass is 10.1. The summed E-state index contributed by atoms with van der Waals surface area (Å²) in [4.78, 5) is 21.2. The van der Waals surface area contributed by atoms with E-state index in [-0.39, 0.29) is 0 Å². The van der Waals surface area contributed by atoms with Gasteiger partial charge in [0.25, 0.3) is 5.91 Å². The highest BCUT2D eigenvalue weighted by atomic mass is 16.5. The molecule has 2 aromatic carbocycles. The number of rotatable bonds is 12. The fourth-order valence-electron chi connectivity index (χ4n) is 4.10. The summed E-state index contributed by atoms with van der Waals surface area (Å²) in [6.45, 7) is 3.69. The molecule has 1 aliphatic heterocycles. The van der Waals surface area contributed by atoms with Gasteiger partial charge in [-0.25, -0.2) is 5.48 Å². The summed E-state index contributed by atoms with van der Waals surface area (Å²) in [5.74, 6) is -0.551. The molecule has 7 heteroatoms. The number of hydrogen-bond acceptors (Lipinski definition) is 5. The minimum Gasteiger partial charge on any atom is -0.375 e. The zero-order chi connectivity index (χ0) is 25.0. The van der Waals surface area contributed by atoms with Crippen LogP contribution in [0.5, 0.6) is 0 Å². The molecule has 0 aliphatic carbocycles. The van der Waals surface area contributed by atoms with Crippen molar-refractivity contribution in [1.82, 2.24) is 15.4 Å². The lowest BCUT2D eigenvalue weighted by Crippen LogP contribution is -2.29. The Bertz CT molecular complexity index is 1260. The van der Waals surface area contributed by atoms with Gasteiger partial charge >= 0.3 is 0 Å². The van der Waals surface area contributed by atoms with Crippen LogP contribution in [0.2, 0.25) is 0 Å². The molecule has 36 heavy (non-hydrogen) atoms. The molecule has 3 N–H and O–H groups in total. The van der Waals surface area contributed by atoms with Crippen molar-refractivity contribution in [2.75, 3.05) is 26.3 Å². The molecule has 1 aromatic heterocycles. The summed E-state index contributed by atoms with van der Waals surface area (Å²) >= 11 is 0. The molecule has 0 radical (unpaired) electrons. The molecule has 3 aromatic rings. The van der Waals surface area contributed by atoms with E-state index in [0.29, 0.717) is 13.2 Å². The van der Waals surface area contributed by atoms with Crippen LogP contribution in [0.4, 0.5) is 0 Å². The first-order chi connectivity index (χ1) is 17.7. The quantitative estimate of drug-likeness (QED) is 0.151. The Morgan fingerprint density at radius 1 is 1.17 bits per heavy atom. The van der Waals surface area contributed by atoms with Crippen molar-refractivity contribution in [1.29, 1.82) is 0 Å². The summed E-state index contributed by atoms with van der Waals surface area (Å²) in [7, 11) is 0. The number of hydroxylamine groups is 1. The van der Waals surface area contributed by atoms with E-state index in [9.17, 15) is 4.79 Å². The number of benzene rings is 2. The first-order valence-electron chi connectivity index (χ1n) is 12.1. The van der Waals surface area contributed by atoms with Crippen LogP contribution >= 0.6 is 0 Å². The molecule has 0 atom stereocenters. The van der Waals surface area contributed by atoms with Crippen LogP contribution in [0.3, 0.4) is 0 Å². The summed E-state index contributed by atoms with van der Waals surface area (Å²) in [6.07, 6.45) is 14.7. The molecule has 4 rings (SSSR count). The molecular weight excluding hydrogens is 452 g/mol. The molecule has 0 unspecified atom stereocenters. The van der Waals surface area contributed by atoms with Crippen molar-refractivity contribution < 1.29 is 14.7 Å². The summed E-state index contributed by atoms with van der Waals surface area (Å²) in [6, 6.07) is 16.5. The number of allylic oxidation sites excluding steroid dienone is 2. The maximum Gasteiger partial charge on any atom is 0.267 e. The monoisotopic (exact) mass is 484 g/mol. The average Bonchev–Trinajstić information content (AvgIpc) is 3.14. The second-order valence-electron chi connectivity index (χ2n) is 8.67. The Labute approximate surface area is 211 Å². The first kappa shape index (κ1) is 25.3. The molecule has 186 valence electrons. The van der Waals surface area contributed by atoms with E-state index in [0.717, 1.165) is 49.1 Å². The zero-order valence-corrected chi connectivity index (χ0v) is 20.3. The maximum absolute atomic E-state index is 11.2. The van der Waals surface area contributed by atoms with Crippen molar-refractivity contribution in [2.45, 2.75) is 19.4 Å². The van der Waals surface area contributed by atoms with Gasteiger partial charge in [0, 0.05) is 55.2 Å². The minimum atomic E-state index is -0.551. The average molecular weight is 485 g/mol. The van der Waals surface area contributed by atoms with Gasteiger partial charge < -0.3 is 9.72 Å². The van der Waals surface area contributed by atoms with E-state index in [1.54, 1.807) is 11.6 Å². The lowest BCUT2D eigenvalue weighted by molar-refractivity contribution is -0.124. The molecule has 0 spiro atoms. The van der Waals surface area contributed by atoms with E-state index in [1.165, 1.54) is 22.6 Å². The number of amides is 1. The van der Waals surface area contributed by atoms with Crippen molar-refractivity contribution in [3.63, 3.8) is 0 Å². The van der Waals surface area contributed by atoms with Crippen molar-refractivity contribution in [3.05, 3.63) is 101 Å². The number of nitrogens with one attached hydrogen (secondary N) is 2. The third-order valence-electron chi connectivity index (χ3n) is 6.06. The number of para-hydroxylation sites is 1. The Morgan fingerprint density at radius 3 is 2.89 bits per heavy atom. The van der Waals surface area contributed by atoms with Gasteiger partial charge in [-0.1, -0.05) is 54.6 Å². The highest BCUT2D eigenvalue weighted by molar-refractivity contribution is 5.90. The number of ether oxygens (including phenoxy) is 1. The van der Waals surface area contributed by atoms with Crippen LogP contribution < -0.4 is 5.48 Å². The largest absolute Gasteiger partial charge is 0.375 e. The standard InChI is InChI=1S/C29H32N4O3/c34-29(32-35)13-12-23-8-10-24(11-9-23)21-33(17-18-36-22-25-5-3-4-15-30-19-25)16-14-26-20-31-28-7-2-1-6-27(26)28/h1-2,4-13,15,19-20,31,35H,3,14,16-18,21-22H2,(H,32,34)/b13-12+. The summed E-state index contributed by atoms with van der Waals surface area (Å²) in [5, 5.41) is 9.90. The van der Waals surface area contributed by atoms with Crippen molar-refractivity contribution >= 4 is 29.1 Å². The topological polar surface area (TPSA) is 90.0 Å². The van der Waals surface area contributed by atoms with Crippen molar-refractivity contribution in [3.8, 4) is 0 Å². The molecule has 0 fully saturated rings. The van der Waals surface area contributed by atoms with Gasteiger partial charge in [-0.05, 0) is 47.2 Å². The fourth-order valence-corrected chi connectivity index (χ4v) is 4.10. The van der Waals surface area contributed by atoms with Gasteiger partial charge in [0.1, 0.15) is 0 Å². The number of carbonyl (C=O) groups is 1. The van der Waals surface area contributed by atoms with E-state index in [4.69, 9.17) is 9.94 Å². The number of H-pyrrole nitrogens is 1. The maximum atomic E-state index is 11.2. The fraction of sp³-hybridized carbons (Fsp3) is 0.241. The number of hydrogen-bond donors (Lipinski definition) is 3. The lowest BCUT2D eigenvalue weighted by Gasteiger charge is -2.22. The molecule has 2 heterocycles. The number of aromatic nitrogens is 1. The van der Waals surface area contributed by atoms with Crippen LogP contribution in [-0.2, 0) is 22.5 Å². The van der Waals surface area contributed by atoms with Gasteiger partial charge in [-0.3, -0.25) is 19.9 Å². The summed E-state index contributed by atoms with van der Waals surface area (Å²) in [5.41, 5.74) is 7.25. The zero-order valence-electron chi connectivity index (χ0n) is 20.3. The Hall–Kier alpha value is -3.78. The summed E-state index contributed by atoms with van der Waals surface area (Å²) < 4.78 is 5.99. The third kappa shape index (κ3) is 7.61. The number of carbonyl (C=O) groups excluding carboxylic acids is 1. The van der Waals surface area contributed by atoms with E-state index in [1.807, 2.05) is 36.7 Å².